The first-order valence-corrected chi connectivity index (χ1v) is 9.61. The lowest BCUT2D eigenvalue weighted by Crippen LogP contribution is -2.32. The fourth-order valence-electron chi connectivity index (χ4n) is 2.95. The molecule has 2 amide bonds. The zero-order valence-electron chi connectivity index (χ0n) is 17.6. The van der Waals surface area contributed by atoms with E-state index in [9.17, 15) is 9.59 Å². The Labute approximate surface area is 176 Å². The Morgan fingerprint density at radius 1 is 0.933 bits per heavy atom. The zero-order chi connectivity index (χ0) is 21.9. The molecule has 0 unspecified atom stereocenters. The van der Waals surface area contributed by atoms with Gasteiger partial charge in [0.05, 0.1) is 32.9 Å². The summed E-state index contributed by atoms with van der Waals surface area (Å²) >= 11 is 0. The average Bonchev–Trinajstić information content (AvgIpc) is 2.75. The first-order chi connectivity index (χ1) is 14.5. The Balaban J connectivity index is 1.89. The van der Waals surface area contributed by atoms with Crippen LogP contribution in [-0.2, 0) is 22.4 Å². The number of nitrogens with two attached hydrogens (primary N) is 1. The molecule has 0 bridgehead atoms. The summed E-state index contributed by atoms with van der Waals surface area (Å²) in [6.07, 6.45) is 1.34. The molecule has 0 saturated heterocycles. The van der Waals surface area contributed by atoms with Crippen LogP contribution in [0.3, 0.4) is 0 Å². The molecule has 8 heteroatoms. The van der Waals surface area contributed by atoms with Gasteiger partial charge in [-0.3, -0.25) is 9.59 Å². The maximum Gasteiger partial charge on any atom is 0.250 e. The highest BCUT2D eigenvalue weighted by Crippen LogP contribution is 2.27. The van der Waals surface area contributed by atoms with Gasteiger partial charge in [-0.15, -0.1) is 0 Å². The van der Waals surface area contributed by atoms with E-state index in [1.807, 2.05) is 30.3 Å². The summed E-state index contributed by atoms with van der Waals surface area (Å²) in [6.45, 7) is 1.05. The zero-order valence-corrected chi connectivity index (χ0v) is 17.6. The minimum Gasteiger partial charge on any atom is -0.493 e. The van der Waals surface area contributed by atoms with Crippen molar-refractivity contribution in [3.63, 3.8) is 0 Å². The lowest BCUT2D eigenvalue weighted by molar-refractivity contribution is -0.119. The molecule has 4 N–H and O–H groups in total. The summed E-state index contributed by atoms with van der Waals surface area (Å²) in [5.41, 5.74) is 8.31. The molecule has 0 aliphatic rings. The number of carbonyl (C=O) groups excluding carboxylic acids is 2. The maximum atomic E-state index is 12.2. The van der Waals surface area contributed by atoms with E-state index in [1.54, 1.807) is 27.4 Å². The summed E-state index contributed by atoms with van der Waals surface area (Å²) in [5, 5.41) is 5.86. The van der Waals surface area contributed by atoms with Gasteiger partial charge in [-0.1, -0.05) is 12.1 Å². The SMILES string of the molecule is COCCc1ccc(C(N)=O)c(NCC(=O)NCCc2ccc(OC)c(OC)c2)c1. The number of primary amides is 1. The Morgan fingerprint density at radius 2 is 1.63 bits per heavy atom. The number of carbonyl (C=O) groups is 2. The number of amides is 2. The van der Waals surface area contributed by atoms with Gasteiger partial charge >= 0.3 is 0 Å². The fraction of sp³-hybridized carbons (Fsp3) is 0.364. The van der Waals surface area contributed by atoms with Crippen LogP contribution in [0.25, 0.3) is 0 Å². The van der Waals surface area contributed by atoms with E-state index in [0.717, 1.165) is 11.1 Å². The Morgan fingerprint density at radius 3 is 2.30 bits per heavy atom. The van der Waals surface area contributed by atoms with Crippen LogP contribution >= 0.6 is 0 Å². The van der Waals surface area contributed by atoms with Crippen molar-refractivity contribution in [3.8, 4) is 11.5 Å². The molecule has 0 heterocycles. The average molecular weight is 415 g/mol. The Kier molecular flexibility index (Phi) is 8.96. The molecule has 30 heavy (non-hydrogen) atoms. The van der Waals surface area contributed by atoms with Gasteiger partial charge in [0.25, 0.3) is 5.91 Å². The molecule has 2 rings (SSSR count). The molecule has 8 nitrogen and oxygen atoms in total. The standard InChI is InChI=1S/C22H29N3O5/c1-28-11-9-16-4-6-17(22(23)27)18(12-16)25-14-21(26)24-10-8-15-5-7-19(29-2)20(13-15)30-3/h4-7,12-13,25H,8-11,14H2,1-3H3,(H2,23,27)(H,24,26). The Hall–Kier alpha value is -3.26. The Bertz CT molecular complexity index is 870. The first-order valence-electron chi connectivity index (χ1n) is 9.61. The monoisotopic (exact) mass is 415 g/mol. The summed E-state index contributed by atoms with van der Waals surface area (Å²) in [7, 11) is 4.80. The van der Waals surface area contributed by atoms with Gasteiger partial charge in [-0.05, 0) is 48.2 Å². The number of rotatable bonds is 12. The van der Waals surface area contributed by atoms with Gasteiger partial charge in [0, 0.05) is 19.3 Å². The molecule has 0 atom stereocenters. The van der Waals surface area contributed by atoms with Gasteiger partial charge in [-0.25, -0.2) is 0 Å². The lowest BCUT2D eigenvalue weighted by atomic mass is 10.1. The largest absolute Gasteiger partial charge is 0.493 e. The summed E-state index contributed by atoms with van der Waals surface area (Å²) in [4.78, 5) is 23.9. The predicted molar refractivity (Wildman–Crippen MR) is 115 cm³/mol. The molecular weight excluding hydrogens is 386 g/mol. The van der Waals surface area contributed by atoms with Crippen molar-refractivity contribution in [2.45, 2.75) is 12.8 Å². The van der Waals surface area contributed by atoms with Crippen molar-refractivity contribution in [3.05, 3.63) is 53.1 Å². The van der Waals surface area contributed by atoms with Gasteiger partial charge < -0.3 is 30.6 Å². The molecule has 0 aliphatic heterocycles. The predicted octanol–water partition coefficient (Wildman–Crippen LogP) is 1.76. The van der Waals surface area contributed by atoms with Crippen LogP contribution in [0.4, 0.5) is 5.69 Å². The van der Waals surface area contributed by atoms with Crippen LogP contribution in [0, 0.1) is 0 Å². The molecule has 0 spiro atoms. The van der Waals surface area contributed by atoms with E-state index >= 15 is 0 Å². The summed E-state index contributed by atoms with van der Waals surface area (Å²) in [5.74, 6) is 0.570. The second kappa shape index (κ2) is 11.7. The topological polar surface area (TPSA) is 112 Å². The van der Waals surface area contributed by atoms with Gasteiger partial charge in [-0.2, -0.15) is 0 Å². The van der Waals surface area contributed by atoms with E-state index in [4.69, 9.17) is 19.9 Å². The third-order valence-electron chi connectivity index (χ3n) is 4.57. The van der Waals surface area contributed by atoms with Crippen LogP contribution in [-0.4, -0.2) is 52.8 Å². The number of anilines is 1. The molecule has 0 fully saturated rings. The fourth-order valence-corrected chi connectivity index (χ4v) is 2.95. The molecule has 2 aromatic rings. The van der Waals surface area contributed by atoms with Gasteiger partial charge in [0.2, 0.25) is 5.91 Å². The number of methoxy groups -OCH3 is 3. The van der Waals surface area contributed by atoms with E-state index in [1.165, 1.54) is 0 Å². The van der Waals surface area contributed by atoms with Crippen LogP contribution in [0.15, 0.2) is 36.4 Å². The second-order valence-electron chi connectivity index (χ2n) is 6.63. The molecular formula is C22H29N3O5. The van der Waals surface area contributed by atoms with E-state index in [2.05, 4.69) is 10.6 Å². The maximum absolute atomic E-state index is 12.2. The normalized spacial score (nSPS) is 10.4. The van der Waals surface area contributed by atoms with E-state index < -0.39 is 5.91 Å². The minimum absolute atomic E-state index is 0.0277. The molecule has 0 saturated carbocycles. The number of ether oxygens (including phenoxy) is 3. The van der Waals surface area contributed by atoms with Crippen molar-refractivity contribution in [2.75, 3.05) is 46.3 Å². The molecule has 0 aliphatic carbocycles. The molecule has 0 aromatic heterocycles. The van der Waals surface area contributed by atoms with Crippen molar-refractivity contribution in [1.29, 1.82) is 0 Å². The van der Waals surface area contributed by atoms with E-state index in [-0.39, 0.29) is 12.5 Å². The van der Waals surface area contributed by atoms with Gasteiger partial charge in [0.15, 0.2) is 11.5 Å². The molecule has 162 valence electrons. The van der Waals surface area contributed by atoms with Crippen LogP contribution in [0.1, 0.15) is 21.5 Å². The van der Waals surface area contributed by atoms with Crippen molar-refractivity contribution in [1.82, 2.24) is 5.32 Å². The smallest absolute Gasteiger partial charge is 0.250 e. The number of benzene rings is 2. The second-order valence-corrected chi connectivity index (χ2v) is 6.63. The van der Waals surface area contributed by atoms with Crippen molar-refractivity contribution < 1.29 is 23.8 Å². The molecule has 2 aromatic carbocycles. The van der Waals surface area contributed by atoms with Crippen LogP contribution in [0.2, 0.25) is 0 Å². The highest BCUT2D eigenvalue weighted by Gasteiger charge is 2.11. The highest BCUT2D eigenvalue weighted by atomic mass is 16.5. The number of nitrogens with one attached hydrogen (secondary N) is 2. The first kappa shape index (κ1) is 23.0. The minimum atomic E-state index is -0.551. The third-order valence-corrected chi connectivity index (χ3v) is 4.57. The quantitative estimate of drug-likeness (QED) is 0.487. The number of hydrogen-bond donors (Lipinski definition) is 3. The van der Waals surface area contributed by atoms with Crippen LogP contribution in [0.5, 0.6) is 11.5 Å². The molecule has 0 radical (unpaired) electrons. The van der Waals surface area contributed by atoms with Crippen molar-refractivity contribution >= 4 is 17.5 Å². The van der Waals surface area contributed by atoms with Gasteiger partial charge in [0.1, 0.15) is 0 Å². The highest BCUT2D eigenvalue weighted by molar-refractivity contribution is 5.99. The third kappa shape index (κ3) is 6.66. The van der Waals surface area contributed by atoms with Crippen molar-refractivity contribution in [2.24, 2.45) is 5.73 Å². The lowest BCUT2D eigenvalue weighted by Gasteiger charge is -2.13. The number of hydrogen-bond acceptors (Lipinski definition) is 6. The summed E-state index contributed by atoms with van der Waals surface area (Å²) in [6, 6.07) is 10.9. The summed E-state index contributed by atoms with van der Waals surface area (Å²) < 4.78 is 15.6. The van der Waals surface area contributed by atoms with Crippen LogP contribution < -0.4 is 25.8 Å². The van der Waals surface area contributed by atoms with E-state index in [0.29, 0.717) is 48.7 Å².